The van der Waals surface area contributed by atoms with Crippen molar-refractivity contribution < 1.29 is 9.21 Å². The summed E-state index contributed by atoms with van der Waals surface area (Å²) in [6.45, 7) is 6.23. The highest BCUT2D eigenvalue weighted by atomic mass is 16.4. The van der Waals surface area contributed by atoms with Crippen LogP contribution >= 0.6 is 0 Å². The first kappa shape index (κ1) is 17.7. The largest absolute Gasteiger partial charge is 0.423 e. The third-order valence-corrected chi connectivity index (χ3v) is 5.44. The minimum atomic E-state index is -0.297. The molecule has 2 aromatic rings. The molecule has 0 saturated carbocycles. The van der Waals surface area contributed by atoms with Gasteiger partial charge in [-0.05, 0) is 37.8 Å². The van der Waals surface area contributed by atoms with Crippen molar-refractivity contribution >= 4 is 23.0 Å². The molecule has 2 heterocycles. The van der Waals surface area contributed by atoms with E-state index in [1.165, 1.54) is 0 Å². The quantitative estimate of drug-likeness (QED) is 0.841. The zero-order valence-corrected chi connectivity index (χ0v) is 15.1. The third kappa shape index (κ3) is 3.95. The first-order chi connectivity index (χ1) is 12.0. The van der Waals surface area contributed by atoms with Gasteiger partial charge in [-0.15, -0.1) is 0 Å². The second-order valence-electron chi connectivity index (χ2n) is 7.01. The summed E-state index contributed by atoms with van der Waals surface area (Å²) in [6.07, 6.45) is 3.33. The smallest absolute Gasteiger partial charge is 0.298 e. The Morgan fingerprint density at radius 3 is 2.64 bits per heavy atom. The summed E-state index contributed by atoms with van der Waals surface area (Å²) >= 11 is 0. The minimum Gasteiger partial charge on any atom is -0.423 e. The van der Waals surface area contributed by atoms with Gasteiger partial charge in [-0.3, -0.25) is 4.79 Å². The molecule has 6 nitrogen and oxygen atoms in total. The molecule has 0 bridgehead atoms. The molecule has 1 fully saturated rings. The number of anilines is 1. The monoisotopic (exact) mass is 344 g/mol. The summed E-state index contributed by atoms with van der Waals surface area (Å²) in [5.41, 5.74) is 7.64. The van der Waals surface area contributed by atoms with Crippen LogP contribution in [0.25, 0.3) is 11.1 Å². The van der Waals surface area contributed by atoms with Gasteiger partial charge in [0.1, 0.15) is 5.52 Å². The lowest BCUT2D eigenvalue weighted by Crippen LogP contribution is -2.51. The number of rotatable bonds is 6. The van der Waals surface area contributed by atoms with Crippen LogP contribution in [0.3, 0.4) is 0 Å². The Labute approximate surface area is 148 Å². The van der Waals surface area contributed by atoms with Crippen LogP contribution in [-0.4, -0.2) is 36.1 Å². The molecule has 1 aromatic carbocycles. The summed E-state index contributed by atoms with van der Waals surface area (Å²) < 4.78 is 5.82. The van der Waals surface area contributed by atoms with E-state index in [9.17, 15) is 4.79 Å². The molecule has 3 rings (SSSR count). The van der Waals surface area contributed by atoms with Crippen LogP contribution in [0.2, 0.25) is 0 Å². The molecular weight excluding hydrogens is 316 g/mol. The summed E-state index contributed by atoms with van der Waals surface area (Å²) in [6, 6.07) is 8.42. The van der Waals surface area contributed by atoms with Gasteiger partial charge < -0.3 is 20.4 Å². The number of piperidine rings is 1. The molecule has 1 saturated heterocycles. The SMILES string of the molecule is CCC(N)(CC)CNC(=O)C1CCN(c2nc3ccccc3o2)CC1. The van der Waals surface area contributed by atoms with Gasteiger partial charge in [-0.2, -0.15) is 4.98 Å². The number of nitrogens with two attached hydrogens (primary N) is 1. The second-order valence-corrected chi connectivity index (χ2v) is 7.01. The van der Waals surface area contributed by atoms with Gasteiger partial charge in [0.15, 0.2) is 5.58 Å². The van der Waals surface area contributed by atoms with Crippen LogP contribution in [0, 0.1) is 5.92 Å². The van der Waals surface area contributed by atoms with Crippen LogP contribution in [0.1, 0.15) is 39.5 Å². The highest BCUT2D eigenvalue weighted by molar-refractivity contribution is 5.79. The summed E-state index contributed by atoms with van der Waals surface area (Å²) in [4.78, 5) is 19.1. The molecule has 0 spiro atoms. The zero-order valence-electron chi connectivity index (χ0n) is 15.1. The maximum atomic E-state index is 12.4. The van der Waals surface area contributed by atoms with Crippen molar-refractivity contribution in [3.63, 3.8) is 0 Å². The lowest BCUT2D eigenvalue weighted by atomic mass is 9.92. The van der Waals surface area contributed by atoms with Gasteiger partial charge in [-0.1, -0.05) is 26.0 Å². The van der Waals surface area contributed by atoms with Gasteiger partial charge in [0.25, 0.3) is 6.01 Å². The maximum absolute atomic E-state index is 12.4. The van der Waals surface area contributed by atoms with Crippen LogP contribution in [0.5, 0.6) is 0 Å². The van der Waals surface area contributed by atoms with E-state index in [1.807, 2.05) is 24.3 Å². The van der Waals surface area contributed by atoms with Crippen LogP contribution < -0.4 is 16.0 Å². The van der Waals surface area contributed by atoms with Gasteiger partial charge in [0, 0.05) is 31.1 Å². The molecule has 3 N–H and O–H groups in total. The third-order valence-electron chi connectivity index (χ3n) is 5.44. The van der Waals surface area contributed by atoms with E-state index < -0.39 is 0 Å². The lowest BCUT2D eigenvalue weighted by Gasteiger charge is -2.32. The van der Waals surface area contributed by atoms with E-state index in [4.69, 9.17) is 10.2 Å². The second kappa shape index (κ2) is 7.44. The Morgan fingerprint density at radius 2 is 2.00 bits per heavy atom. The summed E-state index contributed by atoms with van der Waals surface area (Å²) in [5, 5.41) is 3.05. The van der Waals surface area contributed by atoms with Crippen molar-refractivity contribution in [2.75, 3.05) is 24.5 Å². The van der Waals surface area contributed by atoms with E-state index >= 15 is 0 Å². The number of amides is 1. The Kier molecular flexibility index (Phi) is 5.27. The lowest BCUT2D eigenvalue weighted by molar-refractivity contribution is -0.125. The molecule has 0 atom stereocenters. The number of carbonyl (C=O) groups is 1. The fourth-order valence-electron chi connectivity index (χ4n) is 3.24. The fraction of sp³-hybridized carbons (Fsp3) is 0.579. The van der Waals surface area contributed by atoms with Crippen molar-refractivity contribution in [2.45, 2.75) is 45.1 Å². The van der Waals surface area contributed by atoms with Gasteiger partial charge in [0.2, 0.25) is 5.91 Å². The molecule has 0 unspecified atom stereocenters. The van der Waals surface area contributed by atoms with Gasteiger partial charge in [-0.25, -0.2) is 0 Å². The number of para-hydroxylation sites is 2. The van der Waals surface area contributed by atoms with Gasteiger partial charge >= 0.3 is 0 Å². The maximum Gasteiger partial charge on any atom is 0.298 e. The first-order valence-electron chi connectivity index (χ1n) is 9.22. The van der Waals surface area contributed by atoms with Crippen molar-refractivity contribution in [2.24, 2.45) is 11.7 Å². The number of nitrogens with one attached hydrogen (secondary N) is 1. The fourth-order valence-corrected chi connectivity index (χ4v) is 3.24. The number of hydrogen-bond donors (Lipinski definition) is 2. The average Bonchev–Trinajstić information content (AvgIpc) is 3.10. The average molecular weight is 344 g/mol. The number of hydrogen-bond acceptors (Lipinski definition) is 5. The molecular formula is C19H28N4O2. The van der Waals surface area contributed by atoms with E-state index in [0.29, 0.717) is 12.6 Å². The molecule has 1 aromatic heterocycles. The predicted octanol–water partition coefficient (Wildman–Crippen LogP) is 2.68. The Balaban J connectivity index is 1.53. The first-order valence-corrected chi connectivity index (χ1v) is 9.22. The number of nitrogens with zero attached hydrogens (tertiary/aromatic N) is 2. The highest BCUT2D eigenvalue weighted by Crippen LogP contribution is 2.26. The van der Waals surface area contributed by atoms with Gasteiger partial charge in [0.05, 0.1) is 0 Å². The normalized spacial score (nSPS) is 16.4. The Morgan fingerprint density at radius 1 is 1.32 bits per heavy atom. The number of carbonyl (C=O) groups excluding carboxylic acids is 1. The molecule has 25 heavy (non-hydrogen) atoms. The number of oxazole rings is 1. The molecule has 0 aliphatic carbocycles. The molecule has 1 aliphatic rings. The molecule has 1 aliphatic heterocycles. The van der Waals surface area contributed by atoms with Crippen molar-refractivity contribution in [3.8, 4) is 0 Å². The van der Waals surface area contributed by atoms with Crippen molar-refractivity contribution in [1.82, 2.24) is 10.3 Å². The number of aromatic nitrogens is 1. The molecule has 136 valence electrons. The van der Waals surface area contributed by atoms with E-state index in [1.54, 1.807) is 0 Å². The van der Waals surface area contributed by atoms with Crippen LogP contribution in [0.4, 0.5) is 6.01 Å². The Bertz CT molecular complexity index is 682. The molecule has 0 radical (unpaired) electrons. The van der Waals surface area contributed by atoms with E-state index in [2.05, 4.69) is 29.0 Å². The van der Waals surface area contributed by atoms with E-state index in [-0.39, 0.29) is 17.4 Å². The Hall–Kier alpha value is -2.08. The van der Waals surface area contributed by atoms with Crippen LogP contribution in [0.15, 0.2) is 28.7 Å². The zero-order chi connectivity index (χ0) is 17.9. The number of benzene rings is 1. The highest BCUT2D eigenvalue weighted by Gasteiger charge is 2.29. The minimum absolute atomic E-state index is 0.0404. The number of fused-ring (bicyclic) bond motifs is 1. The molecule has 6 heteroatoms. The molecule has 1 amide bonds. The summed E-state index contributed by atoms with van der Waals surface area (Å²) in [5.74, 6) is 0.160. The van der Waals surface area contributed by atoms with E-state index in [0.717, 1.165) is 49.9 Å². The topological polar surface area (TPSA) is 84.4 Å². The summed E-state index contributed by atoms with van der Waals surface area (Å²) in [7, 11) is 0. The predicted molar refractivity (Wildman–Crippen MR) is 99.5 cm³/mol. The van der Waals surface area contributed by atoms with Crippen molar-refractivity contribution in [1.29, 1.82) is 0 Å². The van der Waals surface area contributed by atoms with Crippen LogP contribution in [-0.2, 0) is 4.79 Å². The standard InChI is InChI=1S/C19H28N4O2/c1-3-19(20,4-2)13-21-17(24)14-9-11-23(12-10-14)18-22-15-7-5-6-8-16(15)25-18/h5-8,14H,3-4,9-13,20H2,1-2H3,(H,21,24). The van der Waals surface area contributed by atoms with Crippen molar-refractivity contribution in [3.05, 3.63) is 24.3 Å².